The van der Waals surface area contributed by atoms with E-state index in [2.05, 4.69) is 46.1 Å². The van der Waals surface area contributed by atoms with Gasteiger partial charge in [0.2, 0.25) is 0 Å². The smallest absolute Gasteiger partial charge is 0.106 e. The molecule has 0 amide bonds. The average Bonchev–Trinajstić information content (AvgIpc) is 3.04. The summed E-state index contributed by atoms with van der Waals surface area (Å²) >= 11 is 0. The predicted molar refractivity (Wildman–Crippen MR) is 90.4 cm³/mol. The summed E-state index contributed by atoms with van der Waals surface area (Å²) in [6, 6.07) is 9.11. The molecule has 2 aromatic rings. The van der Waals surface area contributed by atoms with E-state index < -0.39 is 0 Å². The van der Waals surface area contributed by atoms with Crippen LogP contribution in [0.25, 0.3) is 11.0 Å². The van der Waals surface area contributed by atoms with Crippen molar-refractivity contribution >= 4 is 11.0 Å². The van der Waals surface area contributed by atoms with Gasteiger partial charge in [0.25, 0.3) is 0 Å². The van der Waals surface area contributed by atoms with Crippen molar-refractivity contribution in [1.82, 2.24) is 14.9 Å². The highest BCUT2D eigenvalue weighted by Gasteiger charge is 2.66. The molecular formula is C19H25N3O. The molecule has 2 heterocycles. The lowest BCUT2D eigenvalue weighted by Crippen LogP contribution is -2.71. The number of nitrogens with one attached hydrogen (secondary N) is 1. The summed E-state index contributed by atoms with van der Waals surface area (Å²) in [5.74, 6) is 1.87. The highest BCUT2D eigenvalue weighted by molar-refractivity contribution is 5.75. The SMILES string of the molecule is Cc1nc2ccccc2n1CCNC1[C@@H]2CCO[C@@H]2C12CCC2. The summed E-state index contributed by atoms with van der Waals surface area (Å²) in [5, 5.41) is 3.88. The van der Waals surface area contributed by atoms with Crippen molar-refractivity contribution < 1.29 is 4.74 Å². The third kappa shape index (κ3) is 1.88. The van der Waals surface area contributed by atoms with Gasteiger partial charge in [-0.2, -0.15) is 0 Å². The molecule has 0 bridgehead atoms. The Balaban J connectivity index is 1.29. The van der Waals surface area contributed by atoms with Crippen molar-refractivity contribution in [1.29, 1.82) is 0 Å². The molecule has 2 aliphatic carbocycles. The molecule has 5 rings (SSSR count). The van der Waals surface area contributed by atoms with Crippen LogP contribution in [0.4, 0.5) is 0 Å². The number of benzene rings is 1. The highest BCUT2D eigenvalue weighted by Crippen LogP contribution is 2.62. The second-order valence-electron chi connectivity index (χ2n) is 7.56. The van der Waals surface area contributed by atoms with Gasteiger partial charge >= 0.3 is 0 Å². The van der Waals surface area contributed by atoms with Crippen LogP contribution in [0.2, 0.25) is 0 Å². The Hall–Kier alpha value is -1.39. The number of nitrogens with zero attached hydrogens (tertiary/aromatic N) is 2. The summed E-state index contributed by atoms with van der Waals surface area (Å²) in [6.07, 6.45) is 5.91. The van der Waals surface area contributed by atoms with Crippen LogP contribution in [0.5, 0.6) is 0 Å². The number of fused-ring (bicyclic) bond motifs is 3. The molecule has 1 spiro atoms. The lowest BCUT2D eigenvalue weighted by atomic mass is 9.46. The molecule has 122 valence electrons. The summed E-state index contributed by atoms with van der Waals surface area (Å²) in [7, 11) is 0. The number of rotatable bonds is 4. The van der Waals surface area contributed by atoms with Crippen LogP contribution < -0.4 is 5.32 Å². The molecule has 1 N–H and O–H groups in total. The number of hydrogen-bond acceptors (Lipinski definition) is 3. The van der Waals surface area contributed by atoms with Crippen molar-refractivity contribution in [3.05, 3.63) is 30.1 Å². The zero-order valence-corrected chi connectivity index (χ0v) is 13.8. The molecule has 4 nitrogen and oxygen atoms in total. The van der Waals surface area contributed by atoms with E-state index in [0.717, 1.165) is 37.0 Å². The number of hydrogen-bond donors (Lipinski definition) is 1. The van der Waals surface area contributed by atoms with Gasteiger partial charge < -0.3 is 14.6 Å². The molecule has 1 aromatic heterocycles. The van der Waals surface area contributed by atoms with Crippen molar-refractivity contribution in [2.24, 2.45) is 11.3 Å². The third-order valence-corrected chi connectivity index (χ3v) is 6.58. The van der Waals surface area contributed by atoms with Crippen molar-refractivity contribution in [3.63, 3.8) is 0 Å². The molecule has 3 aliphatic rings. The van der Waals surface area contributed by atoms with E-state index in [-0.39, 0.29) is 0 Å². The molecule has 1 aliphatic heterocycles. The largest absolute Gasteiger partial charge is 0.377 e. The first-order chi connectivity index (χ1) is 11.3. The summed E-state index contributed by atoms with van der Waals surface area (Å²) in [6.45, 7) is 5.10. The Morgan fingerprint density at radius 2 is 2.22 bits per heavy atom. The Bertz CT molecular complexity index is 733. The van der Waals surface area contributed by atoms with E-state index >= 15 is 0 Å². The van der Waals surface area contributed by atoms with E-state index in [9.17, 15) is 0 Å². The lowest BCUT2D eigenvalue weighted by Gasteiger charge is -2.63. The maximum Gasteiger partial charge on any atom is 0.106 e. The Morgan fingerprint density at radius 1 is 1.35 bits per heavy atom. The maximum absolute atomic E-state index is 6.01. The fourth-order valence-corrected chi connectivity index (χ4v) is 5.37. The van der Waals surface area contributed by atoms with Crippen LogP contribution in [0.15, 0.2) is 24.3 Å². The van der Waals surface area contributed by atoms with Crippen LogP contribution >= 0.6 is 0 Å². The number of aromatic nitrogens is 2. The van der Waals surface area contributed by atoms with Gasteiger partial charge in [0.05, 0.1) is 17.1 Å². The van der Waals surface area contributed by atoms with Crippen LogP contribution in [0, 0.1) is 18.3 Å². The molecule has 3 atom stereocenters. The molecule has 4 heteroatoms. The fraction of sp³-hybridized carbons (Fsp3) is 0.632. The van der Waals surface area contributed by atoms with Gasteiger partial charge in [-0.05, 0) is 38.3 Å². The second-order valence-corrected chi connectivity index (χ2v) is 7.56. The van der Waals surface area contributed by atoms with E-state index in [4.69, 9.17) is 4.74 Å². The monoisotopic (exact) mass is 311 g/mol. The molecule has 1 aromatic carbocycles. The van der Waals surface area contributed by atoms with Crippen LogP contribution in [0.1, 0.15) is 31.5 Å². The normalized spacial score (nSPS) is 31.1. The quantitative estimate of drug-likeness (QED) is 0.943. The first kappa shape index (κ1) is 14.0. The van der Waals surface area contributed by atoms with Gasteiger partial charge in [0.1, 0.15) is 5.82 Å². The van der Waals surface area contributed by atoms with Crippen LogP contribution in [-0.4, -0.2) is 34.8 Å². The van der Waals surface area contributed by atoms with Crippen molar-refractivity contribution in [3.8, 4) is 0 Å². The fourth-order valence-electron chi connectivity index (χ4n) is 5.37. The summed E-state index contributed by atoms with van der Waals surface area (Å²) in [5.41, 5.74) is 2.84. The Labute approximate surface area is 137 Å². The van der Waals surface area contributed by atoms with Crippen LogP contribution in [0.3, 0.4) is 0 Å². The molecule has 23 heavy (non-hydrogen) atoms. The zero-order chi connectivity index (χ0) is 15.4. The van der Waals surface area contributed by atoms with Crippen LogP contribution in [-0.2, 0) is 11.3 Å². The van der Waals surface area contributed by atoms with Gasteiger partial charge in [-0.1, -0.05) is 18.6 Å². The zero-order valence-electron chi connectivity index (χ0n) is 13.8. The maximum atomic E-state index is 6.01. The number of imidazole rings is 1. The van der Waals surface area contributed by atoms with Gasteiger partial charge in [-0.3, -0.25) is 0 Å². The average molecular weight is 311 g/mol. The number of aryl methyl sites for hydroxylation is 1. The van der Waals surface area contributed by atoms with Gasteiger partial charge in [0.15, 0.2) is 0 Å². The Kier molecular flexibility index (Phi) is 3.07. The Morgan fingerprint density at radius 3 is 3.04 bits per heavy atom. The molecule has 1 unspecified atom stereocenters. The number of para-hydroxylation sites is 2. The third-order valence-electron chi connectivity index (χ3n) is 6.58. The van der Waals surface area contributed by atoms with Crippen molar-refractivity contribution in [2.45, 2.75) is 51.3 Å². The first-order valence-electron chi connectivity index (χ1n) is 9.06. The first-order valence-corrected chi connectivity index (χ1v) is 9.06. The topological polar surface area (TPSA) is 39.1 Å². The van der Waals surface area contributed by atoms with E-state index in [1.54, 1.807) is 0 Å². The van der Waals surface area contributed by atoms with E-state index in [1.807, 2.05) is 0 Å². The lowest BCUT2D eigenvalue weighted by molar-refractivity contribution is -0.175. The minimum Gasteiger partial charge on any atom is -0.377 e. The summed E-state index contributed by atoms with van der Waals surface area (Å²) in [4.78, 5) is 4.67. The van der Waals surface area contributed by atoms with Gasteiger partial charge in [0, 0.05) is 37.1 Å². The standard InChI is InChI=1S/C19H25N3O/c1-13-21-15-5-2-3-6-16(15)22(13)11-10-20-17-14-7-12-23-18(14)19(17)8-4-9-19/h2-3,5-6,14,17-18,20H,4,7-12H2,1H3/t14-,17?,18-/m0/s1. The molecule has 0 radical (unpaired) electrons. The van der Waals surface area contributed by atoms with E-state index in [0.29, 0.717) is 17.6 Å². The minimum atomic E-state index is 0.479. The molecule has 3 fully saturated rings. The van der Waals surface area contributed by atoms with E-state index in [1.165, 1.54) is 31.2 Å². The highest BCUT2D eigenvalue weighted by atomic mass is 16.5. The number of ether oxygens (including phenoxy) is 1. The molecule has 2 saturated carbocycles. The van der Waals surface area contributed by atoms with Crippen molar-refractivity contribution in [2.75, 3.05) is 13.2 Å². The second kappa shape index (κ2) is 5.05. The predicted octanol–water partition coefficient (Wildman–Crippen LogP) is 2.89. The minimum absolute atomic E-state index is 0.479. The molecule has 1 saturated heterocycles. The summed E-state index contributed by atoms with van der Waals surface area (Å²) < 4.78 is 8.36. The molecular weight excluding hydrogens is 286 g/mol. The van der Waals surface area contributed by atoms with Gasteiger partial charge in [-0.15, -0.1) is 0 Å². The van der Waals surface area contributed by atoms with Gasteiger partial charge in [-0.25, -0.2) is 4.98 Å².